The maximum atomic E-state index is 14.6. The van der Waals surface area contributed by atoms with Crippen LogP contribution in [-0.2, 0) is 21.4 Å². The van der Waals surface area contributed by atoms with Crippen LogP contribution in [0.1, 0.15) is 11.1 Å². The Bertz CT molecular complexity index is 1400. The fourth-order valence-electron chi connectivity index (χ4n) is 3.53. The highest BCUT2D eigenvalue weighted by atomic mass is 32.2. The first-order valence-corrected chi connectivity index (χ1v) is 11.9. The third-order valence-corrected chi connectivity index (χ3v) is 7.09. The summed E-state index contributed by atoms with van der Waals surface area (Å²) in [7, 11) is -4.17. The minimum Gasteiger partial charge on any atom is -0.350 e. The number of carbonyl (C=O) groups is 1. The van der Waals surface area contributed by atoms with Gasteiger partial charge in [-0.25, -0.2) is 12.8 Å². The number of benzene rings is 4. The lowest BCUT2D eigenvalue weighted by Crippen LogP contribution is -2.41. The van der Waals surface area contributed by atoms with Crippen molar-refractivity contribution < 1.29 is 17.6 Å². The summed E-state index contributed by atoms with van der Waals surface area (Å²) in [5.41, 5.74) is 1.58. The van der Waals surface area contributed by atoms with E-state index in [-0.39, 0.29) is 17.1 Å². The minimum absolute atomic E-state index is 0.0151. The number of fused-ring (bicyclic) bond motifs is 1. The van der Waals surface area contributed by atoms with Crippen molar-refractivity contribution in [2.75, 3.05) is 10.8 Å². The molecule has 0 heterocycles. The standard InChI is InChI=1S/C26H23FN2O3S/c1-19-10-14-23(15-11-19)33(31,32)29(25-9-5-4-8-24(25)27)18-26(30)28-17-20-12-13-21-6-2-3-7-22(21)16-20/h2-16H,17-18H2,1H3,(H,28,30). The zero-order valence-corrected chi connectivity index (χ0v) is 18.8. The predicted molar refractivity (Wildman–Crippen MR) is 128 cm³/mol. The second kappa shape index (κ2) is 9.42. The molecule has 33 heavy (non-hydrogen) atoms. The Kier molecular flexibility index (Phi) is 6.42. The summed E-state index contributed by atoms with van der Waals surface area (Å²) in [6.07, 6.45) is 0. The quantitative estimate of drug-likeness (QED) is 0.429. The number of aryl methyl sites for hydroxylation is 1. The van der Waals surface area contributed by atoms with E-state index in [0.717, 1.165) is 26.2 Å². The molecule has 0 saturated heterocycles. The molecule has 0 aliphatic rings. The number of nitrogens with one attached hydrogen (secondary N) is 1. The summed E-state index contributed by atoms with van der Waals surface area (Å²) in [4.78, 5) is 12.8. The van der Waals surface area contributed by atoms with E-state index in [2.05, 4.69) is 5.32 Å². The first kappa shape index (κ1) is 22.5. The molecule has 0 aliphatic heterocycles. The van der Waals surface area contributed by atoms with Gasteiger partial charge in [-0.15, -0.1) is 0 Å². The number of rotatable bonds is 7. The monoisotopic (exact) mass is 462 g/mol. The van der Waals surface area contributed by atoms with Gasteiger partial charge in [0, 0.05) is 6.54 Å². The van der Waals surface area contributed by atoms with Gasteiger partial charge in [-0.3, -0.25) is 9.10 Å². The number of hydrogen-bond donors (Lipinski definition) is 1. The maximum absolute atomic E-state index is 14.6. The Labute approximate surface area is 192 Å². The summed E-state index contributed by atoms with van der Waals surface area (Å²) < 4.78 is 42.0. The van der Waals surface area contributed by atoms with E-state index in [9.17, 15) is 17.6 Å². The molecule has 1 amide bonds. The lowest BCUT2D eigenvalue weighted by atomic mass is 10.1. The molecular weight excluding hydrogens is 439 g/mol. The molecule has 0 aliphatic carbocycles. The number of nitrogens with zero attached hydrogens (tertiary/aromatic N) is 1. The predicted octanol–water partition coefficient (Wildman–Crippen LogP) is 4.80. The highest BCUT2D eigenvalue weighted by Crippen LogP contribution is 2.26. The summed E-state index contributed by atoms with van der Waals surface area (Å²) in [5, 5.41) is 4.88. The van der Waals surface area contributed by atoms with Gasteiger partial charge >= 0.3 is 0 Å². The number of halogens is 1. The summed E-state index contributed by atoms with van der Waals surface area (Å²) in [6, 6.07) is 25.4. The van der Waals surface area contributed by atoms with Crippen LogP contribution in [0.15, 0.2) is 95.9 Å². The third-order valence-electron chi connectivity index (χ3n) is 5.32. The smallest absolute Gasteiger partial charge is 0.264 e. The summed E-state index contributed by atoms with van der Waals surface area (Å²) in [6.45, 7) is 1.51. The minimum atomic E-state index is -4.17. The van der Waals surface area contributed by atoms with E-state index in [1.807, 2.05) is 49.4 Å². The summed E-state index contributed by atoms with van der Waals surface area (Å²) in [5.74, 6) is -1.27. The number of sulfonamides is 1. The molecule has 0 bridgehead atoms. The van der Waals surface area contributed by atoms with E-state index in [4.69, 9.17) is 0 Å². The van der Waals surface area contributed by atoms with E-state index in [1.165, 1.54) is 36.4 Å². The van der Waals surface area contributed by atoms with E-state index >= 15 is 0 Å². The van der Waals surface area contributed by atoms with Gasteiger partial charge in [0.2, 0.25) is 5.91 Å². The van der Waals surface area contributed by atoms with E-state index < -0.39 is 28.3 Å². The van der Waals surface area contributed by atoms with Crippen molar-refractivity contribution in [3.8, 4) is 0 Å². The molecule has 0 aromatic heterocycles. The van der Waals surface area contributed by atoms with Crippen molar-refractivity contribution in [3.05, 3.63) is 108 Å². The molecule has 4 aromatic carbocycles. The Morgan fingerprint density at radius 3 is 2.27 bits per heavy atom. The van der Waals surface area contributed by atoms with Crippen molar-refractivity contribution in [3.63, 3.8) is 0 Å². The van der Waals surface area contributed by atoms with Crippen molar-refractivity contribution in [1.29, 1.82) is 0 Å². The fourth-order valence-corrected chi connectivity index (χ4v) is 4.96. The van der Waals surface area contributed by atoms with Gasteiger partial charge in [-0.1, -0.05) is 66.2 Å². The molecule has 0 fully saturated rings. The maximum Gasteiger partial charge on any atom is 0.264 e. The fraction of sp³-hybridized carbons (Fsp3) is 0.115. The molecule has 1 N–H and O–H groups in total. The third kappa shape index (κ3) is 5.04. The molecule has 168 valence electrons. The van der Waals surface area contributed by atoms with Crippen LogP contribution in [0.5, 0.6) is 0 Å². The zero-order chi connectivity index (χ0) is 23.4. The number of hydrogen-bond acceptors (Lipinski definition) is 3. The molecular formula is C26H23FN2O3S. The van der Waals surface area contributed by atoms with Crippen molar-refractivity contribution in [2.45, 2.75) is 18.4 Å². The van der Waals surface area contributed by atoms with Crippen LogP contribution in [0.3, 0.4) is 0 Å². The first-order chi connectivity index (χ1) is 15.8. The lowest BCUT2D eigenvalue weighted by Gasteiger charge is -2.24. The second-order valence-electron chi connectivity index (χ2n) is 7.73. The Balaban J connectivity index is 1.57. The van der Waals surface area contributed by atoms with Crippen LogP contribution in [-0.4, -0.2) is 20.9 Å². The van der Waals surface area contributed by atoms with Crippen LogP contribution in [0.25, 0.3) is 10.8 Å². The topological polar surface area (TPSA) is 66.5 Å². The van der Waals surface area contributed by atoms with Crippen LogP contribution in [0.4, 0.5) is 10.1 Å². The number of amides is 1. The molecule has 0 atom stereocenters. The van der Waals surface area contributed by atoms with Gasteiger partial charge in [0.05, 0.1) is 10.6 Å². The van der Waals surface area contributed by atoms with Crippen molar-refractivity contribution >= 4 is 32.4 Å². The first-order valence-electron chi connectivity index (χ1n) is 10.4. The van der Waals surface area contributed by atoms with Crippen molar-refractivity contribution in [1.82, 2.24) is 5.32 Å². The van der Waals surface area contributed by atoms with Crippen LogP contribution >= 0.6 is 0 Å². The SMILES string of the molecule is Cc1ccc(S(=O)(=O)N(CC(=O)NCc2ccc3ccccc3c2)c2ccccc2F)cc1. The highest BCUT2D eigenvalue weighted by molar-refractivity contribution is 7.92. The van der Waals surface area contributed by atoms with Gasteiger partial charge in [0.1, 0.15) is 12.4 Å². The van der Waals surface area contributed by atoms with E-state index in [0.29, 0.717) is 0 Å². The second-order valence-corrected chi connectivity index (χ2v) is 9.60. The van der Waals surface area contributed by atoms with Gasteiger partial charge in [0.25, 0.3) is 10.0 Å². The number of anilines is 1. The molecule has 0 radical (unpaired) electrons. The summed E-state index contributed by atoms with van der Waals surface area (Å²) >= 11 is 0. The molecule has 0 saturated carbocycles. The van der Waals surface area contributed by atoms with Gasteiger partial charge in [-0.05, 0) is 53.6 Å². The molecule has 0 unspecified atom stereocenters. The normalized spacial score (nSPS) is 11.3. The van der Waals surface area contributed by atoms with Crippen LogP contribution < -0.4 is 9.62 Å². The van der Waals surface area contributed by atoms with Crippen molar-refractivity contribution in [2.24, 2.45) is 0 Å². The van der Waals surface area contributed by atoms with Gasteiger partial charge in [0.15, 0.2) is 0 Å². The Hall–Kier alpha value is -3.71. The molecule has 0 spiro atoms. The Morgan fingerprint density at radius 2 is 1.55 bits per heavy atom. The molecule has 5 nitrogen and oxygen atoms in total. The number of carbonyl (C=O) groups excluding carboxylic acids is 1. The molecule has 7 heteroatoms. The van der Waals surface area contributed by atoms with E-state index in [1.54, 1.807) is 12.1 Å². The molecule has 4 rings (SSSR count). The van der Waals surface area contributed by atoms with Crippen LogP contribution in [0.2, 0.25) is 0 Å². The largest absolute Gasteiger partial charge is 0.350 e. The average Bonchev–Trinajstić information content (AvgIpc) is 2.82. The lowest BCUT2D eigenvalue weighted by molar-refractivity contribution is -0.119. The molecule has 4 aromatic rings. The Morgan fingerprint density at radius 1 is 0.879 bits per heavy atom. The zero-order valence-electron chi connectivity index (χ0n) is 18.0. The van der Waals surface area contributed by atoms with Gasteiger partial charge < -0.3 is 5.32 Å². The average molecular weight is 463 g/mol. The van der Waals surface area contributed by atoms with Gasteiger partial charge in [-0.2, -0.15) is 0 Å². The number of para-hydroxylation sites is 1. The van der Waals surface area contributed by atoms with Crippen LogP contribution in [0, 0.1) is 12.7 Å². The highest BCUT2D eigenvalue weighted by Gasteiger charge is 2.29.